The van der Waals surface area contributed by atoms with E-state index in [2.05, 4.69) is 13.8 Å². The van der Waals surface area contributed by atoms with Gasteiger partial charge in [-0.15, -0.1) is 0 Å². The number of hydrogen-bond donors (Lipinski definition) is 0. The van der Waals surface area contributed by atoms with E-state index in [1.54, 1.807) is 11.5 Å². The van der Waals surface area contributed by atoms with Gasteiger partial charge in [-0.05, 0) is 38.7 Å². The molecule has 1 amide bonds. The number of nitrogens with zero attached hydrogens (tertiary/aromatic N) is 2. The summed E-state index contributed by atoms with van der Waals surface area (Å²) >= 11 is 0. The minimum Gasteiger partial charge on any atom is -0.464 e. The van der Waals surface area contributed by atoms with E-state index >= 15 is 0 Å². The van der Waals surface area contributed by atoms with Crippen LogP contribution >= 0.6 is 0 Å². The average Bonchev–Trinajstić information content (AvgIpc) is 2.87. The summed E-state index contributed by atoms with van der Waals surface area (Å²) in [5.74, 6) is -0.461. The Labute approximate surface area is 161 Å². The van der Waals surface area contributed by atoms with Crippen LogP contribution in [-0.4, -0.2) is 61.0 Å². The monoisotopic (exact) mass is 380 g/mol. The number of hydrogen-bond acceptors (Lipinski definition) is 5. The molecule has 0 unspecified atom stereocenters. The number of carbonyl (C=O) groups excluding carboxylic acids is 3. The Kier molecular flexibility index (Phi) is 8.69. The van der Waals surface area contributed by atoms with Crippen molar-refractivity contribution < 1.29 is 23.9 Å². The van der Waals surface area contributed by atoms with Crippen LogP contribution in [0.1, 0.15) is 59.3 Å². The molecule has 0 aliphatic carbocycles. The average molecular weight is 380 g/mol. The van der Waals surface area contributed by atoms with Gasteiger partial charge in [-0.3, -0.25) is 9.59 Å². The molecule has 1 aromatic rings. The molecule has 0 spiro atoms. The molecule has 1 rings (SSSR count). The Bertz CT molecular complexity index is 691. The van der Waals surface area contributed by atoms with Crippen LogP contribution in [0, 0.1) is 19.8 Å². The van der Waals surface area contributed by atoms with Crippen LogP contribution in [0.2, 0.25) is 0 Å². The van der Waals surface area contributed by atoms with E-state index in [4.69, 9.17) is 9.47 Å². The predicted molar refractivity (Wildman–Crippen MR) is 103 cm³/mol. The van der Waals surface area contributed by atoms with Crippen LogP contribution in [0.25, 0.3) is 0 Å². The lowest BCUT2D eigenvalue weighted by Gasteiger charge is -2.23. The Morgan fingerprint density at radius 2 is 1.78 bits per heavy atom. The summed E-state index contributed by atoms with van der Waals surface area (Å²) in [6.07, 6.45) is 0.796. The van der Waals surface area contributed by atoms with Gasteiger partial charge in [0.2, 0.25) is 5.91 Å². The van der Waals surface area contributed by atoms with Gasteiger partial charge in [-0.2, -0.15) is 0 Å². The highest BCUT2D eigenvalue weighted by atomic mass is 16.5. The fourth-order valence-electron chi connectivity index (χ4n) is 3.23. The van der Waals surface area contributed by atoms with Gasteiger partial charge in [0.15, 0.2) is 5.78 Å². The molecular weight excluding hydrogens is 348 g/mol. The summed E-state index contributed by atoms with van der Waals surface area (Å²) in [7, 11) is 2.78. The van der Waals surface area contributed by atoms with Crippen LogP contribution in [0.3, 0.4) is 0 Å². The van der Waals surface area contributed by atoms with Crippen LogP contribution < -0.4 is 0 Å². The summed E-state index contributed by atoms with van der Waals surface area (Å²) in [6, 6.07) is 0. The SMILES string of the molecule is CCn1c(C)c(C(=O)CN(CCC(C)C)C(=O)COC)c(C)c1C(=O)OC. The molecule has 0 N–H and O–H groups in total. The number of aromatic nitrogens is 1. The fraction of sp³-hybridized carbons (Fsp3) is 0.650. The van der Waals surface area contributed by atoms with Crippen LogP contribution in [0.4, 0.5) is 0 Å². The third-order valence-corrected chi connectivity index (χ3v) is 4.67. The van der Waals surface area contributed by atoms with Crippen molar-refractivity contribution in [2.24, 2.45) is 5.92 Å². The molecule has 1 aromatic heterocycles. The van der Waals surface area contributed by atoms with Crippen molar-refractivity contribution >= 4 is 17.7 Å². The van der Waals surface area contributed by atoms with Gasteiger partial charge in [-0.25, -0.2) is 4.79 Å². The van der Waals surface area contributed by atoms with Gasteiger partial charge in [0.05, 0.1) is 13.7 Å². The molecule has 0 aromatic carbocycles. The maximum Gasteiger partial charge on any atom is 0.354 e. The Hall–Kier alpha value is -2.15. The molecule has 7 nitrogen and oxygen atoms in total. The maximum atomic E-state index is 13.0. The molecule has 0 aliphatic heterocycles. The molecule has 0 saturated heterocycles. The maximum absolute atomic E-state index is 13.0. The van der Waals surface area contributed by atoms with Crippen molar-refractivity contribution in [1.29, 1.82) is 0 Å². The zero-order chi connectivity index (χ0) is 20.7. The van der Waals surface area contributed by atoms with E-state index in [0.717, 1.165) is 6.42 Å². The van der Waals surface area contributed by atoms with Crippen LogP contribution in [0.5, 0.6) is 0 Å². The summed E-state index contributed by atoms with van der Waals surface area (Å²) in [5.41, 5.74) is 2.17. The Morgan fingerprint density at radius 1 is 1.15 bits per heavy atom. The number of esters is 1. The van der Waals surface area contributed by atoms with Gasteiger partial charge >= 0.3 is 5.97 Å². The van der Waals surface area contributed by atoms with E-state index in [1.807, 2.05) is 13.8 Å². The van der Waals surface area contributed by atoms with Crippen molar-refractivity contribution in [2.45, 2.75) is 47.6 Å². The van der Waals surface area contributed by atoms with E-state index in [0.29, 0.717) is 41.5 Å². The first kappa shape index (κ1) is 22.9. The number of rotatable bonds is 10. The zero-order valence-corrected chi connectivity index (χ0v) is 17.5. The quantitative estimate of drug-likeness (QED) is 0.461. The molecule has 0 atom stereocenters. The molecule has 0 saturated carbocycles. The lowest BCUT2D eigenvalue weighted by molar-refractivity contribution is -0.134. The number of carbonyl (C=O) groups is 3. The van der Waals surface area contributed by atoms with Crippen LogP contribution in [0.15, 0.2) is 0 Å². The highest BCUT2D eigenvalue weighted by molar-refractivity contribution is 6.04. The normalized spacial score (nSPS) is 11.0. The lowest BCUT2D eigenvalue weighted by Crippen LogP contribution is -2.39. The van der Waals surface area contributed by atoms with E-state index < -0.39 is 5.97 Å². The summed E-state index contributed by atoms with van der Waals surface area (Å²) < 4.78 is 11.6. The van der Waals surface area contributed by atoms with Gasteiger partial charge in [-0.1, -0.05) is 13.8 Å². The number of amides is 1. The Balaban J connectivity index is 3.20. The third-order valence-electron chi connectivity index (χ3n) is 4.67. The molecule has 152 valence electrons. The van der Waals surface area contributed by atoms with Crippen molar-refractivity contribution in [2.75, 3.05) is 33.9 Å². The highest BCUT2D eigenvalue weighted by Crippen LogP contribution is 2.24. The van der Waals surface area contributed by atoms with Gasteiger partial charge in [0.25, 0.3) is 0 Å². The molecule has 1 heterocycles. The van der Waals surface area contributed by atoms with Gasteiger partial charge in [0.1, 0.15) is 12.3 Å². The predicted octanol–water partition coefficient (Wildman–Crippen LogP) is 2.62. The second kappa shape index (κ2) is 10.3. The first-order valence-corrected chi connectivity index (χ1v) is 9.27. The Morgan fingerprint density at radius 3 is 2.26 bits per heavy atom. The zero-order valence-electron chi connectivity index (χ0n) is 17.5. The van der Waals surface area contributed by atoms with Crippen LogP contribution in [-0.2, 0) is 20.8 Å². The highest BCUT2D eigenvalue weighted by Gasteiger charge is 2.28. The summed E-state index contributed by atoms with van der Waals surface area (Å²) in [4.78, 5) is 39.1. The second-order valence-electron chi connectivity index (χ2n) is 7.02. The van der Waals surface area contributed by atoms with Crippen molar-refractivity contribution in [3.8, 4) is 0 Å². The molecule has 7 heteroatoms. The van der Waals surface area contributed by atoms with E-state index in [-0.39, 0.29) is 24.8 Å². The lowest BCUT2D eigenvalue weighted by atomic mass is 10.0. The molecule has 0 radical (unpaired) electrons. The fourth-order valence-corrected chi connectivity index (χ4v) is 3.23. The van der Waals surface area contributed by atoms with E-state index in [9.17, 15) is 14.4 Å². The van der Waals surface area contributed by atoms with Crippen molar-refractivity contribution in [1.82, 2.24) is 9.47 Å². The third kappa shape index (κ3) is 5.42. The molecular formula is C20H32N2O5. The minimum atomic E-state index is -0.469. The van der Waals surface area contributed by atoms with Gasteiger partial charge in [0, 0.05) is 31.5 Å². The second-order valence-corrected chi connectivity index (χ2v) is 7.02. The van der Waals surface area contributed by atoms with Crippen molar-refractivity contribution in [3.05, 3.63) is 22.5 Å². The summed E-state index contributed by atoms with van der Waals surface area (Å²) in [5, 5.41) is 0. The number of ether oxygens (including phenoxy) is 2. The number of ketones is 1. The molecule has 27 heavy (non-hydrogen) atoms. The number of Topliss-reactive ketones (excluding diaryl/α,β-unsaturated/α-hetero) is 1. The molecule has 0 aliphatic rings. The standard InChI is InChI=1S/C20H32N2O5/c1-8-22-15(5)18(14(4)19(22)20(25)27-7)16(23)11-21(10-9-13(2)3)17(24)12-26-6/h13H,8-12H2,1-7H3. The van der Waals surface area contributed by atoms with E-state index in [1.165, 1.54) is 19.1 Å². The topological polar surface area (TPSA) is 77.8 Å². The first-order valence-electron chi connectivity index (χ1n) is 9.27. The number of methoxy groups -OCH3 is 2. The minimum absolute atomic E-state index is 0.0368. The molecule has 0 bridgehead atoms. The largest absolute Gasteiger partial charge is 0.464 e. The van der Waals surface area contributed by atoms with Crippen molar-refractivity contribution in [3.63, 3.8) is 0 Å². The summed E-state index contributed by atoms with van der Waals surface area (Å²) in [6.45, 7) is 10.5. The molecule has 0 fully saturated rings. The van der Waals surface area contributed by atoms with Gasteiger partial charge < -0.3 is 18.9 Å². The smallest absolute Gasteiger partial charge is 0.354 e. The first-order chi connectivity index (χ1) is 12.7.